The van der Waals surface area contributed by atoms with Crippen molar-refractivity contribution in [1.29, 1.82) is 0 Å². The molecule has 1 aliphatic heterocycles. The van der Waals surface area contributed by atoms with E-state index in [0.717, 1.165) is 19.6 Å². The number of hydrogen-bond donors (Lipinski definition) is 0. The first-order valence-electron chi connectivity index (χ1n) is 5.74. The van der Waals surface area contributed by atoms with Gasteiger partial charge in [-0.15, -0.1) is 0 Å². The Morgan fingerprint density at radius 1 is 1.31 bits per heavy atom. The molecule has 5 heteroatoms. The van der Waals surface area contributed by atoms with Gasteiger partial charge in [-0.1, -0.05) is 6.92 Å². The van der Waals surface area contributed by atoms with Crippen molar-refractivity contribution in [2.24, 2.45) is 0 Å². The maximum atomic E-state index is 5.46. The molecule has 0 N–H and O–H groups in total. The summed E-state index contributed by atoms with van der Waals surface area (Å²) in [7, 11) is 1.60. The quantitative estimate of drug-likeness (QED) is 0.301. The van der Waals surface area contributed by atoms with E-state index >= 15 is 0 Å². The van der Waals surface area contributed by atoms with Gasteiger partial charge in [0.05, 0.1) is 26.4 Å². The third-order valence-electron chi connectivity index (χ3n) is 2.08. The topological polar surface area (TPSA) is 49.5 Å². The van der Waals surface area contributed by atoms with Crippen molar-refractivity contribution in [3.8, 4) is 0 Å². The number of methoxy groups -OCH3 is 1. The Labute approximate surface area is 97.0 Å². The van der Waals surface area contributed by atoms with Crippen LogP contribution in [0, 0.1) is 0 Å². The fourth-order valence-corrected chi connectivity index (χ4v) is 1.16. The molecule has 0 amide bonds. The van der Waals surface area contributed by atoms with Gasteiger partial charge in [-0.05, 0) is 6.42 Å². The van der Waals surface area contributed by atoms with E-state index in [1.807, 2.05) is 0 Å². The summed E-state index contributed by atoms with van der Waals surface area (Å²) in [6.45, 7) is 5.61. The van der Waals surface area contributed by atoms with E-state index in [9.17, 15) is 0 Å². The molecule has 16 heavy (non-hydrogen) atoms. The lowest BCUT2D eigenvalue weighted by molar-refractivity contribution is -0.121. The highest BCUT2D eigenvalue weighted by molar-refractivity contribution is 4.68. The fraction of sp³-hybridized carbons (Fsp3) is 1.00. The van der Waals surface area contributed by atoms with Crippen LogP contribution in [0.4, 0.5) is 0 Å². The Hall–Kier alpha value is -0.200. The van der Waals surface area contributed by atoms with Gasteiger partial charge >= 0.3 is 0 Å². The van der Waals surface area contributed by atoms with Crippen molar-refractivity contribution in [2.75, 3.05) is 46.9 Å². The van der Waals surface area contributed by atoms with Crippen LogP contribution in [0.2, 0.25) is 0 Å². The molecule has 0 bridgehead atoms. The minimum Gasteiger partial charge on any atom is -0.379 e. The lowest BCUT2D eigenvalue weighted by Crippen LogP contribution is -2.27. The van der Waals surface area contributed by atoms with Gasteiger partial charge < -0.3 is 23.7 Å². The molecule has 0 radical (unpaired) electrons. The van der Waals surface area contributed by atoms with Crippen LogP contribution in [0.15, 0.2) is 0 Å². The smallest absolute Gasteiger partial charge is 0.146 e. The molecule has 0 aliphatic carbocycles. The number of ether oxygens (including phenoxy) is 5. The lowest BCUT2D eigenvalue weighted by atomic mass is 10.4. The predicted octanol–water partition coefficient (Wildman–Crippen LogP) is 0.817. The van der Waals surface area contributed by atoms with Crippen LogP contribution < -0.4 is 0 Å². The molecular formula is C11H22O5. The summed E-state index contributed by atoms with van der Waals surface area (Å²) in [5.74, 6) is 0. The largest absolute Gasteiger partial charge is 0.379 e. The maximum Gasteiger partial charge on any atom is 0.146 e. The SMILES string of the molecule is CCCOCC(COCC1CO1)OCOC. The van der Waals surface area contributed by atoms with Gasteiger partial charge in [-0.2, -0.15) is 0 Å². The first kappa shape index (κ1) is 13.9. The van der Waals surface area contributed by atoms with E-state index in [0.29, 0.717) is 25.9 Å². The summed E-state index contributed by atoms with van der Waals surface area (Å²) in [4.78, 5) is 0. The van der Waals surface area contributed by atoms with Crippen LogP contribution in [0.1, 0.15) is 13.3 Å². The van der Waals surface area contributed by atoms with Crippen LogP contribution in [-0.4, -0.2) is 59.1 Å². The van der Waals surface area contributed by atoms with E-state index in [4.69, 9.17) is 23.7 Å². The van der Waals surface area contributed by atoms with E-state index in [1.165, 1.54) is 0 Å². The second kappa shape index (κ2) is 8.90. The molecule has 0 spiro atoms. The van der Waals surface area contributed by atoms with E-state index in [-0.39, 0.29) is 12.9 Å². The first-order valence-corrected chi connectivity index (χ1v) is 5.74. The number of rotatable bonds is 11. The average molecular weight is 234 g/mol. The van der Waals surface area contributed by atoms with Crippen LogP contribution in [-0.2, 0) is 23.7 Å². The summed E-state index contributed by atoms with van der Waals surface area (Å²) in [5.41, 5.74) is 0. The highest BCUT2D eigenvalue weighted by Gasteiger charge is 2.23. The van der Waals surface area contributed by atoms with Crippen molar-refractivity contribution in [3.05, 3.63) is 0 Å². The van der Waals surface area contributed by atoms with E-state index < -0.39 is 0 Å². The molecule has 0 saturated carbocycles. The summed E-state index contributed by atoms with van der Waals surface area (Å²) >= 11 is 0. The molecule has 1 saturated heterocycles. The maximum absolute atomic E-state index is 5.46. The van der Waals surface area contributed by atoms with Gasteiger partial charge in [0.25, 0.3) is 0 Å². The van der Waals surface area contributed by atoms with Crippen LogP contribution in [0.5, 0.6) is 0 Å². The Kier molecular flexibility index (Phi) is 7.71. The molecule has 1 aliphatic rings. The zero-order chi connectivity index (χ0) is 11.6. The zero-order valence-electron chi connectivity index (χ0n) is 10.1. The molecule has 0 aromatic heterocycles. The molecule has 0 aromatic carbocycles. The van der Waals surface area contributed by atoms with Crippen LogP contribution >= 0.6 is 0 Å². The van der Waals surface area contributed by atoms with Crippen molar-refractivity contribution in [1.82, 2.24) is 0 Å². The second-order valence-corrected chi connectivity index (χ2v) is 3.76. The minimum absolute atomic E-state index is 0.0646. The Morgan fingerprint density at radius 3 is 2.69 bits per heavy atom. The van der Waals surface area contributed by atoms with Gasteiger partial charge in [0.1, 0.15) is 19.0 Å². The van der Waals surface area contributed by atoms with Crippen molar-refractivity contribution < 1.29 is 23.7 Å². The molecule has 2 atom stereocenters. The van der Waals surface area contributed by atoms with Crippen LogP contribution in [0.25, 0.3) is 0 Å². The van der Waals surface area contributed by atoms with Gasteiger partial charge in [-0.3, -0.25) is 0 Å². The normalized spacial score (nSPS) is 21.0. The summed E-state index contributed by atoms with van der Waals surface area (Å²) in [6, 6.07) is 0. The van der Waals surface area contributed by atoms with Gasteiger partial charge in [0.2, 0.25) is 0 Å². The predicted molar refractivity (Wildman–Crippen MR) is 58.4 cm³/mol. The molecule has 1 fully saturated rings. The van der Waals surface area contributed by atoms with Gasteiger partial charge in [-0.25, -0.2) is 0 Å². The van der Waals surface area contributed by atoms with Crippen molar-refractivity contribution in [2.45, 2.75) is 25.6 Å². The Balaban J connectivity index is 2.03. The Morgan fingerprint density at radius 2 is 2.06 bits per heavy atom. The highest BCUT2D eigenvalue weighted by atomic mass is 16.7. The number of epoxide rings is 1. The van der Waals surface area contributed by atoms with Crippen molar-refractivity contribution >= 4 is 0 Å². The van der Waals surface area contributed by atoms with E-state index in [2.05, 4.69) is 6.92 Å². The highest BCUT2D eigenvalue weighted by Crippen LogP contribution is 2.09. The summed E-state index contributed by atoms with van der Waals surface area (Å²) < 4.78 is 26.2. The summed E-state index contributed by atoms with van der Waals surface area (Å²) in [5, 5.41) is 0. The molecule has 1 heterocycles. The Bertz CT molecular complexity index is 160. The molecule has 96 valence electrons. The molecule has 2 unspecified atom stereocenters. The molecule has 0 aromatic rings. The molecule has 5 nitrogen and oxygen atoms in total. The molecule has 1 rings (SSSR count). The standard InChI is InChI=1S/C11H22O5/c1-3-4-13-5-10(16-9-12-2)6-14-7-11-8-15-11/h10-11H,3-9H2,1-2H3. The first-order chi connectivity index (χ1) is 7.86. The average Bonchev–Trinajstić information content (AvgIpc) is 3.09. The van der Waals surface area contributed by atoms with Crippen molar-refractivity contribution in [3.63, 3.8) is 0 Å². The fourth-order valence-electron chi connectivity index (χ4n) is 1.16. The van der Waals surface area contributed by atoms with Gasteiger partial charge in [0.15, 0.2) is 0 Å². The van der Waals surface area contributed by atoms with Gasteiger partial charge in [0, 0.05) is 13.7 Å². The minimum atomic E-state index is -0.0646. The summed E-state index contributed by atoms with van der Waals surface area (Å²) in [6.07, 6.45) is 1.23. The zero-order valence-corrected chi connectivity index (χ0v) is 10.1. The second-order valence-electron chi connectivity index (χ2n) is 3.76. The molecular weight excluding hydrogens is 212 g/mol. The number of hydrogen-bond acceptors (Lipinski definition) is 5. The van der Waals surface area contributed by atoms with Crippen LogP contribution in [0.3, 0.4) is 0 Å². The third kappa shape index (κ3) is 7.14. The van der Waals surface area contributed by atoms with E-state index in [1.54, 1.807) is 7.11 Å². The monoisotopic (exact) mass is 234 g/mol. The lowest BCUT2D eigenvalue weighted by Gasteiger charge is -2.17. The third-order valence-corrected chi connectivity index (χ3v) is 2.08.